The first kappa shape index (κ1) is 23.5. The molecule has 0 amide bonds. The van der Waals surface area contributed by atoms with E-state index in [1.807, 2.05) is 37.3 Å². The molecule has 0 saturated heterocycles. The zero-order valence-electron chi connectivity index (χ0n) is 18.6. The fourth-order valence-corrected chi connectivity index (χ4v) is 6.00. The van der Waals surface area contributed by atoms with Gasteiger partial charge in [-0.15, -0.1) is 0 Å². The van der Waals surface area contributed by atoms with Crippen LogP contribution >= 0.6 is 34.7 Å². The van der Waals surface area contributed by atoms with Crippen LogP contribution in [0.5, 0.6) is 5.06 Å². The lowest BCUT2D eigenvalue weighted by molar-refractivity contribution is -0.133. The van der Waals surface area contributed by atoms with Gasteiger partial charge in [0.1, 0.15) is 11.8 Å². The summed E-state index contributed by atoms with van der Waals surface area (Å²) in [6, 6.07) is 9.61. The summed E-state index contributed by atoms with van der Waals surface area (Å²) in [7, 11) is 1.71. The van der Waals surface area contributed by atoms with E-state index in [0.717, 1.165) is 28.3 Å². The largest absolute Gasteiger partial charge is 0.460 e. The zero-order valence-corrected chi connectivity index (χ0v) is 21.0. The topological polar surface area (TPSA) is 104 Å². The first-order valence-corrected chi connectivity index (χ1v) is 12.6. The highest BCUT2D eigenvalue weighted by Crippen LogP contribution is 2.68. The smallest absolute Gasteiger partial charge is 0.293 e. The van der Waals surface area contributed by atoms with E-state index in [9.17, 15) is 9.59 Å². The summed E-state index contributed by atoms with van der Waals surface area (Å²) in [6.45, 7) is 2.31. The number of ketones is 1. The lowest BCUT2D eigenvalue weighted by atomic mass is 9.87. The molecule has 1 fully saturated rings. The minimum Gasteiger partial charge on any atom is -0.460 e. The number of hydrogen-bond acceptors (Lipinski definition) is 10. The van der Waals surface area contributed by atoms with Crippen molar-refractivity contribution >= 4 is 52.6 Å². The zero-order chi connectivity index (χ0) is 24.6. The first-order valence-electron chi connectivity index (χ1n) is 10.6. The van der Waals surface area contributed by atoms with E-state index < -0.39 is 0 Å². The molecule has 35 heavy (non-hydrogen) atoms. The highest BCUT2D eigenvalue weighted by atomic mass is 35.5. The fraction of sp³-hybridized carbons (Fsp3) is 0.250. The molecule has 1 N–H and O–H groups in total. The van der Waals surface area contributed by atoms with Crippen LogP contribution in [-0.4, -0.2) is 29.4 Å². The molecule has 2 aliphatic carbocycles. The fourth-order valence-electron chi connectivity index (χ4n) is 3.63. The van der Waals surface area contributed by atoms with Crippen molar-refractivity contribution in [1.82, 2.24) is 10.1 Å². The van der Waals surface area contributed by atoms with Gasteiger partial charge in [-0.05, 0) is 37.2 Å². The third-order valence-corrected chi connectivity index (χ3v) is 8.19. The number of carbonyl (C=O) groups is 2. The monoisotopic (exact) mass is 527 g/mol. The normalized spacial score (nSPS) is 16.8. The molecule has 0 radical (unpaired) electrons. The van der Waals surface area contributed by atoms with Gasteiger partial charge in [0.15, 0.2) is 20.9 Å². The van der Waals surface area contributed by atoms with Gasteiger partial charge < -0.3 is 19.3 Å². The highest BCUT2D eigenvalue weighted by Gasteiger charge is 2.65. The lowest BCUT2D eigenvalue weighted by Crippen LogP contribution is -2.35. The molecule has 11 heteroatoms. The molecular weight excluding hydrogens is 510 g/mol. The number of aromatic nitrogens is 2. The van der Waals surface area contributed by atoms with Gasteiger partial charge in [0.2, 0.25) is 16.6 Å². The average molecular weight is 528 g/mol. The molecule has 1 saturated carbocycles. The number of ether oxygens (including phenoxy) is 2. The Labute approximate surface area is 214 Å². The van der Waals surface area contributed by atoms with Crippen LogP contribution in [-0.2, 0) is 14.3 Å². The maximum Gasteiger partial charge on any atom is 0.293 e. The van der Waals surface area contributed by atoms with Gasteiger partial charge in [0.25, 0.3) is 6.47 Å². The van der Waals surface area contributed by atoms with Crippen molar-refractivity contribution < 1.29 is 23.6 Å². The summed E-state index contributed by atoms with van der Waals surface area (Å²) >= 11 is 8.72. The number of thiazole rings is 1. The second-order valence-electron chi connectivity index (χ2n) is 7.85. The standard InChI is InChI=1S/C15H8ClN3O3S2.C9H10O2/c1-17-8-6(22-19-12(8)16)2-3-7-18-13-14(23-7)21-9-10(20)15(4-5-15)11(9)24-13;1-8(11-7-10)9-5-3-2-4-6-9/h17H,4-5H2,1H3;2-8H,1H3. The van der Waals surface area contributed by atoms with Crippen LogP contribution < -0.4 is 10.1 Å². The van der Waals surface area contributed by atoms with Crippen LogP contribution in [0.4, 0.5) is 5.69 Å². The van der Waals surface area contributed by atoms with Crippen molar-refractivity contribution in [3.8, 4) is 16.9 Å². The molecule has 1 unspecified atom stereocenters. The van der Waals surface area contributed by atoms with Crippen LogP contribution in [0.2, 0.25) is 5.15 Å². The number of allylic oxidation sites excluding steroid dienone is 2. The van der Waals surface area contributed by atoms with Crippen molar-refractivity contribution in [3.63, 3.8) is 0 Å². The molecule has 1 aliphatic heterocycles. The molecule has 8 nitrogen and oxygen atoms in total. The number of halogens is 1. The van der Waals surface area contributed by atoms with Gasteiger partial charge in [-0.3, -0.25) is 9.59 Å². The Hall–Kier alpha value is -3.26. The van der Waals surface area contributed by atoms with E-state index in [4.69, 9.17) is 25.6 Å². The number of Topliss-reactive ketones (excluding diaryl/α,β-unsaturated/α-hetero) is 1. The molecule has 178 valence electrons. The van der Waals surface area contributed by atoms with Crippen molar-refractivity contribution in [2.45, 2.75) is 30.9 Å². The van der Waals surface area contributed by atoms with E-state index in [1.165, 1.54) is 23.1 Å². The Bertz CT molecular complexity index is 1400. The summed E-state index contributed by atoms with van der Waals surface area (Å²) in [5.74, 6) is 6.77. The predicted molar refractivity (Wildman–Crippen MR) is 131 cm³/mol. The van der Waals surface area contributed by atoms with Gasteiger partial charge in [-0.25, -0.2) is 4.98 Å². The number of fused-ring (bicyclic) bond motifs is 2. The Morgan fingerprint density at radius 3 is 2.74 bits per heavy atom. The summed E-state index contributed by atoms with van der Waals surface area (Å²) in [5.41, 5.74) is 1.31. The third-order valence-electron chi connectivity index (χ3n) is 5.70. The number of anilines is 1. The van der Waals surface area contributed by atoms with Crippen LogP contribution in [0, 0.1) is 17.3 Å². The number of thioether (sulfide) groups is 1. The summed E-state index contributed by atoms with van der Waals surface area (Å²) in [6.07, 6.45) is 1.70. The summed E-state index contributed by atoms with van der Waals surface area (Å²) in [4.78, 5) is 27.6. The molecule has 6 rings (SSSR count). The van der Waals surface area contributed by atoms with Crippen LogP contribution in [0.25, 0.3) is 0 Å². The van der Waals surface area contributed by atoms with Crippen LogP contribution in [0.15, 0.2) is 50.5 Å². The number of hydrogen-bond donors (Lipinski definition) is 1. The van der Waals surface area contributed by atoms with Gasteiger partial charge in [-0.1, -0.05) is 70.2 Å². The first-order chi connectivity index (χ1) is 17.0. The number of nitrogens with zero attached hydrogens (tertiary/aromatic N) is 2. The molecule has 3 aliphatic rings. The maximum absolute atomic E-state index is 12.1. The van der Waals surface area contributed by atoms with E-state index in [2.05, 4.69) is 27.3 Å². The molecule has 2 aromatic heterocycles. The maximum atomic E-state index is 12.1. The van der Waals surface area contributed by atoms with E-state index in [1.54, 1.807) is 7.05 Å². The molecule has 1 aromatic carbocycles. The Morgan fingerprint density at radius 1 is 1.29 bits per heavy atom. The molecule has 1 spiro atoms. The van der Waals surface area contributed by atoms with Crippen molar-refractivity contribution in [1.29, 1.82) is 0 Å². The molecule has 3 heterocycles. The van der Waals surface area contributed by atoms with E-state index >= 15 is 0 Å². The minimum atomic E-state index is -0.245. The number of rotatable bonds is 4. The lowest BCUT2D eigenvalue weighted by Gasteiger charge is -2.32. The molecule has 3 aromatic rings. The highest BCUT2D eigenvalue weighted by molar-refractivity contribution is 8.03. The van der Waals surface area contributed by atoms with Gasteiger partial charge in [0.05, 0.1) is 10.3 Å². The van der Waals surface area contributed by atoms with Crippen molar-refractivity contribution in [2.24, 2.45) is 5.41 Å². The number of nitrogens with one attached hydrogen (secondary N) is 1. The summed E-state index contributed by atoms with van der Waals surface area (Å²) in [5, 5.41) is 8.76. The van der Waals surface area contributed by atoms with E-state index in [-0.39, 0.29) is 22.5 Å². The SMILES string of the molecule is CC(OC=O)c1ccccc1.CNc1c(Cl)noc1C#Cc1nc2c(s1)OC1=C(S2)C2(CC2)C1=O. The molecule has 0 bridgehead atoms. The Balaban J connectivity index is 0.000000195. The molecular formula is C24H18ClN3O5S2. The molecule has 1 atom stereocenters. The van der Waals surface area contributed by atoms with Gasteiger partial charge in [0, 0.05) is 7.05 Å². The average Bonchev–Trinajstić information content (AvgIpc) is 3.51. The Morgan fingerprint density at radius 2 is 2.06 bits per heavy atom. The van der Waals surface area contributed by atoms with Crippen LogP contribution in [0.3, 0.4) is 0 Å². The van der Waals surface area contributed by atoms with E-state index in [0.29, 0.717) is 33.7 Å². The predicted octanol–water partition coefficient (Wildman–Crippen LogP) is 5.21. The van der Waals surface area contributed by atoms with Crippen LogP contribution in [0.1, 0.15) is 42.2 Å². The second kappa shape index (κ2) is 9.41. The van der Waals surface area contributed by atoms with Crippen molar-refractivity contribution in [3.05, 3.63) is 62.5 Å². The Kier molecular flexibility index (Phi) is 6.32. The summed E-state index contributed by atoms with van der Waals surface area (Å²) < 4.78 is 15.5. The second-order valence-corrected chi connectivity index (χ2v) is 10.2. The van der Waals surface area contributed by atoms with Gasteiger partial charge >= 0.3 is 0 Å². The minimum absolute atomic E-state index is 0.131. The third kappa shape index (κ3) is 4.31. The number of carbonyl (C=O) groups excluding carboxylic acids is 2. The van der Waals surface area contributed by atoms with Crippen molar-refractivity contribution in [2.75, 3.05) is 12.4 Å². The quantitative estimate of drug-likeness (QED) is 0.362. The number of benzene rings is 1. The van der Waals surface area contributed by atoms with Gasteiger partial charge in [-0.2, -0.15) is 0 Å².